The molecule has 1 amide bonds. The lowest BCUT2D eigenvalue weighted by atomic mass is 10.1. The van der Waals surface area contributed by atoms with Gasteiger partial charge >= 0.3 is 0 Å². The van der Waals surface area contributed by atoms with E-state index in [2.05, 4.69) is 0 Å². The van der Waals surface area contributed by atoms with Crippen LogP contribution in [0.4, 0.5) is 15.8 Å². The molecule has 3 rings (SSSR count). The lowest BCUT2D eigenvalue weighted by Gasteiger charge is -2.41. The quantitative estimate of drug-likeness (QED) is 0.887. The van der Waals surface area contributed by atoms with E-state index >= 15 is 0 Å². The van der Waals surface area contributed by atoms with Gasteiger partial charge in [-0.15, -0.1) is 0 Å². The molecule has 138 valence electrons. The van der Waals surface area contributed by atoms with Crippen molar-refractivity contribution in [1.29, 1.82) is 0 Å². The predicted octanol–water partition coefficient (Wildman–Crippen LogP) is 2.87. The van der Waals surface area contributed by atoms with E-state index in [4.69, 9.17) is 0 Å². The fourth-order valence-electron chi connectivity index (χ4n) is 3.16. The van der Waals surface area contributed by atoms with Gasteiger partial charge in [-0.05, 0) is 49.7 Å². The first-order valence-corrected chi connectivity index (χ1v) is 9.69. The summed E-state index contributed by atoms with van der Waals surface area (Å²) in [7, 11) is -4.13. The average Bonchev–Trinajstić information content (AvgIpc) is 2.61. The lowest BCUT2D eigenvalue weighted by molar-refractivity contribution is -0.119. The molecule has 1 aliphatic rings. The number of halogens is 1. The molecule has 0 spiro atoms. The number of phenols is 1. The molecule has 0 aromatic heterocycles. The Morgan fingerprint density at radius 2 is 1.73 bits per heavy atom. The van der Waals surface area contributed by atoms with Gasteiger partial charge in [0.25, 0.3) is 15.9 Å². The first kappa shape index (κ1) is 18.2. The Kier molecular flexibility index (Phi) is 4.62. The predicted molar refractivity (Wildman–Crippen MR) is 96.3 cm³/mol. The minimum atomic E-state index is -4.13. The Hall–Kier alpha value is -2.61. The van der Waals surface area contributed by atoms with Crippen molar-refractivity contribution in [1.82, 2.24) is 0 Å². The van der Waals surface area contributed by atoms with Crippen molar-refractivity contribution in [3.05, 3.63) is 48.3 Å². The maximum absolute atomic E-state index is 13.9. The molecule has 0 fully saturated rings. The van der Waals surface area contributed by atoms with Gasteiger partial charge in [0.15, 0.2) is 0 Å². The number of amides is 1. The van der Waals surface area contributed by atoms with Crippen LogP contribution in [0.3, 0.4) is 0 Å². The molecule has 0 radical (unpaired) electrons. The monoisotopic (exact) mass is 378 g/mol. The van der Waals surface area contributed by atoms with Gasteiger partial charge in [0.1, 0.15) is 17.6 Å². The van der Waals surface area contributed by atoms with Gasteiger partial charge in [-0.1, -0.05) is 6.92 Å². The molecule has 2 aromatic carbocycles. The number of benzene rings is 2. The maximum Gasteiger partial charge on any atom is 0.265 e. The third-order valence-corrected chi connectivity index (χ3v) is 6.23. The number of hydrogen-bond donors (Lipinski definition) is 1. The molecule has 0 aliphatic carbocycles. The van der Waals surface area contributed by atoms with E-state index in [9.17, 15) is 22.7 Å². The van der Waals surface area contributed by atoms with Crippen LogP contribution in [-0.2, 0) is 14.8 Å². The van der Waals surface area contributed by atoms with Crippen LogP contribution in [0.2, 0.25) is 0 Å². The molecule has 2 aromatic rings. The Labute approximate surface area is 151 Å². The summed E-state index contributed by atoms with van der Waals surface area (Å²) in [6.45, 7) is 3.84. The van der Waals surface area contributed by atoms with E-state index in [1.165, 1.54) is 41.3 Å². The van der Waals surface area contributed by atoms with Crippen LogP contribution in [-0.4, -0.2) is 32.0 Å². The van der Waals surface area contributed by atoms with Crippen LogP contribution in [0.15, 0.2) is 47.4 Å². The number of nitrogens with zero attached hydrogens (tertiary/aromatic N) is 2. The molecule has 1 heterocycles. The molecular formula is C18H19FN2O4S. The molecule has 0 bridgehead atoms. The number of hydrogen-bond acceptors (Lipinski definition) is 4. The fourth-order valence-corrected chi connectivity index (χ4v) is 4.85. The third-order valence-electron chi connectivity index (χ3n) is 4.40. The smallest absolute Gasteiger partial charge is 0.265 e. The van der Waals surface area contributed by atoms with E-state index < -0.39 is 21.9 Å². The largest absolute Gasteiger partial charge is 0.508 e. The second kappa shape index (κ2) is 6.60. The normalized spacial score (nSPS) is 17.3. The number of rotatable bonds is 4. The second-order valence-corrected chi connectivity index (χ2v) is 7.75. The number of likely N-dealkylation sites (N-methyl/N-ethyl adjacent to an activating group) is 1. The highest BCUT2D eigenvalue weighted by Gasteiger charge is 2.43. The number of carbonyl (C=O) groups is 1. The van der Waals surface area contributed by atoms with Crippen LogP contribution in [0.5, 0.6) is 5.75 Å². The Bertz CT molecular complexity index is 944. The van der Waals surface area contributed by atoms with Crippen molar-refractivity contribution in [2.75, 3.05) is 15.7 Å². The SMILES string of the molecule is CC[C@H]1C(=O)N(CC)c2ccc(F)cc2N1S(=O)(=O)c1ccc(O)cc1. The van der Waals surface area contributed by atoms with Gasteiger partial charge in [-0.2, -0.15) is 0 Å². The van der Waals surface area contributed by atoms with Gasteiger partial charge in [0.05, 0.1) is 16.3 Å². The van der Waals surface area contributed by atoms with E-state index in [1.807, 2.05) is 0 Å². The Morgan fingerprint density at radius 3 is 2.31 bits per heavy atom. The molecule has 8 heteroatoms. The van der Waals surface area contributed by atoms with Crippen molar-refractivity contribution in [3.8, 4) is 5.75 Å². The van der Waals surface area contributed by atoms with Crippen LogP contribution >= 0.6 is 0 Å². The van der Waals surface area contributed by atoms with Crippen molar-refractivity contribution in [2.24, 2.45) is 0 Å². The third kappa shape index (κ3) is 2.80. The number of carbonyl (C=O) groups excluding carboxylic acids is 1. The molecule has 1 atom stereocenters. The topological polar surface area (TPSA) is 77.9 Å². The fraction of sp³-hybridized carbons (Fsp3) is 0.278. The van der Waals surface area contributed by atoms with Crippen LogP contribution in [0, 0.1) is 5.82 Å². The number of sulfonamides is 1. The maximum atomic E-state index is 13.9. The van der Waals surface area contributed by atoms with E-state index in [0.29, 0.717) is 12.2 Å². The van der Waals surface area contributed by atoms with Crippen molar-refractivity contribution in [2.45, 2.75) is 31.2 Å². The van der Waals surface area contributed by atoms with E-state index in [0.717, 1.165) is 10.4 Å². The summed E-state index contributed by atoms with van der Waals surface area (Å²) in [6, 6.07) is 7.80. The lowest BCUT2D eigenvalue weighted by Crippen LogP contribution is -2.55. The zero-order chi connectivity index (χ0) is 19.1. The van der Waals surface area contributed by atoms with Gasteiger partial charge in [0.2, 0.25) is 0 Å². The summed E-state index contributed by atoms with van der Waals surface area (Å²) in [5.74, 6) is -1.01. The van der Waals surface area contributed by atoms with Crippen LogP contribution < -0.4 is 9.21 Å². The minimum absolute atomic E-state index is 0.0747. The zero-order valence-electron chi connectivity index (χ0n) is 14.4. The Morgan fingerprint density at radius 1 is 1.08 bits per heavy atom. The van der Waals surface area contributed by atoms with E-state index in [-0.39, 0.29) is 28.7 Å². The van der Waals surface area contributed by atoms with Gasteiger partial charge in [-0.3, -0.25) is 9.10 Å². The van der Waals surface area contributed by atoms with Crippen LogP contribution in [0.25, 0.3) is 0 Å². The summed E-state index contributed by atoms with van der Waals surface area (Å²) in [6.07, 6.45) is 0.239. The Balaban J connectivity index is 2.25. The zero-order valence-corrected chi connectivity index (χ0v) is 15.2. The average molecular weight is 378 g/mol. The first-order chi connectivity index (χ1) is 12.3. The molecular weight excluding hydrogens is 359 g/mol. The first-order valence-electron chi connectivity index (χ1n) is 8.25. The van der Waals surface area contributed by atoms with Gasteiger partial charge in [-0.25, -0.2) is 12.8 Å². The summed E-state index contributed by atoms with van der Waals surface area (Å²) in [4.78, 5) is 14.2. The molecule has 0 saturated heterocycles. The number of fused-ring (bicyclic) bond motifs is 1. The molecule has 6 nitrogen and oxygen atoms in total. The molecule has 1 aliphatic heterocycles. The second-order valence-electron chi connectivity index (χ2n) is 5.93. The van der Waals surface area contributed by atoms with E-state index in [1.54, 1.807) is 13.8 Å². The number of phenolic OH excluding ortho intramolecular Hbond substituents is 1. The molecule has 1 N–H and O–H groups in total. The molecule has 0 unspecified atom stereocenters. The van der Waals surface area contributed by atoms with Gasteiger partial charge < -0.3 is 10.0 Å². The van der Waals surface area contributed by atoms with Crippen molar-refractivity contribution >= 4 is 27.3 Å². The summed E-state index contributed by atoms with van der Waals surface area (Å²) in [5.41, 5.74) is 0.484. The summed E-state index contributed by atoms with van der Waals surface area (Å²) < 4.78 is 41.4. The standard InChI is InChI=1S/C18H19FN2O4S/c1-3-15-18(23)20(4-2)16-10-5-12(19)11-17(16)21(15)26(24,25)14-8-6-13(22)7-9-14/h5-11,15,22H,3-4H2,1-2H3/t15-/m0/s1. The molecule has 26 heavy (non-hydrogen) atoms. The van der Waals surface area contributed by atoms with Crippen molar-refractivity contribution in [3.63, 3.8) is 0 Å². The summed E-state index contributed by atoms with van der Waals surface area (Å²) >= 11 is 0. The van der Waals surface area contributed by atoms with Crippen molar-refractivity contribution < 1.29 is 22.7 Å². The highest BCUT2D eigenvalue weighted by Crippen LogP contribution is 2.40. The van der Waals surface area contributed by atoms with Gasteiger partial charge in [0, 0.05) is 12.6 Å². The van der Waals surface area contributed by atoms with Crippen LogP contribution in [0.1, 0.15) is 20.3 Å². The molecule has 0 saturated carbocycles. The number of aromatic hydroxyl groups is 1. The number of anilines is 2. The highest BCUT2D eigenvalue weighted by molar-refractivity contribution is 7.93. The minimum Gasteiger partial charge on any atom is -0.508 e. The summed E-state index contributed by atoms with van der Waals surface area (Å²) in [5, 5.41) is 9.41. The highest BCUT2D eigenvalue weighted by atomic mass is 32.2.